The number of nitrogens with one attached hydrogen (secondary N) is 1. The first kappa shape index (κ1) is 39.0. The second-order valence-corrected chi connectivity index (χ2v) is 12.9. The minimum atomic E-state index is -4.62. The Morgan fingerprint density at radius 1 is 1.17 bits per heavy atom. The fraction of sp³-hybridized carbons (Fsp3) is 0.538. The van der Waals surface area contributed by atoms with Gasteiger partial charge >= 0.3 is 40.0 Å². The molecule has 2 atom stereocenters. The Bertz CT molecular complexity index is 1360. The number of ether oxygens (including phenoxy) is 1. The second-order valence-electron chi connectivity index (χ2n) is 10.1. The van der Waals surface area contributed by atoms with E-state index in [1.54, 1.807) is 6.92 Å². The number of pyridine rings is 2. The maximum atomic E-state index is 13.0. The molecule has 3 rings (SSSR count). The molecule has 10 nitrogen and oxygen atoms in total. The number of rotatable bonds is 12. The summed E-state index contributed by atoms with van der Waals surface area (Å²) < 4.78 is 67.0. The van der Waals surface area contributed by atoms with Crippen molar-refractivity contribution in [3.63, 3.8) is 0 Å². The van der Waals surface area contributed by atoms with Gasteiger partial charge < -0.3 is 11.5 Å². The maximum absolute atomic E-state index is 13.0. The number of aromatic nitrogens is 2. The zero-order chi connectivity index (χ0) is 30.8. The van der Waals surface area contributed by atoms with E-state index in [2.05, 4.69) is 70.2 Å². The summed E-state index contributed by atoms with van der Waals surface area (Å²) in [4.78, 5) is 24.6. The Morgan fingerprint density at radius 2 is 1.76 bits per heavy atom. The maximum Gasteiger partial charge on any atom is 1.00 e. The Kier molecular flexibility index (Phi) is 16.2. The van der Waals surface area contributed by atoms with Crippen LogP contribution in [0, 0.1) is 11.6 Å². The molecule has 0 saturated carbocycles. The SMILES string of the molecule is CCCC[C@](C)(COS(=O)(=O)O)NC(=O)c1ncc(F)cc1Br.CCCC[C@]1(C)COC(c2ncc(F)cc2Br)=N1.[H-].[Na+]. The first-order valence-electron chi connectivity index (χ1n) is 12.9. The molecule has 2 aromatic rings. The van der Waals surface area contributed by atoms with Crippen molar-refractivity contribution in [3.05, 3.63) is 56.5 Å². The minimum absolute atomic E-state index is 0. The molecule has 16 heteroatoms. The Morgan fingerprint density at radius 3 is 2.31 bits per heavy atom. The number of unbranched alkanes of at least 4 members (excludes halogenated alkanes) is 2. The van der Waals surface area contributed by atoms with Gasteiger partial charge in [0, 0.05) is 0 Å². The van der Waals surface area contributed by atoms with Gasteiger partial charge in [0.2, 0.25) is 5.90 Å². The molecular formula is C26H35Br2F2N4NaO6S. The van der Waals surface area contributed by atoms with Gasteiger partial charge in [-0.25, -0.2) is 27.9 Å². The minimum Gasteiger partial charge on any atom is -1.00 e. The van der Waals surface area contributed by atoms with Gasteiger partial charge in [0.25, 0.3) is 5.91 Å². The van der Waals surface area contributed by atoms with E-state index in [-0.39, 0.29) is 52.5 Å². The fourth-order valence-corrected chi connectivity index (χ4v) is 5.17. The molecule has 1 aliphatic heterocycles. The zero-order valence-electron chi connectivity index (χ0n) is 25.2. The van der Waals surface area contributed by atoms with E-state index in [1.165, 1.54) is 12.3 Å². The molecule has 0 saturated heterocycles. The van der Waals surface area contributed by atoms with Crippen LogP contribution in [-0.4, -0.2) is 59.0 Å². The van der Waals surface area contributed by atoms with Crippen LogP contribution in [0.15, 0.2) is 38.5 Å². The smallest absolute Gasteiger partial charge is 1.00 e. The molecule has 0 bridgehead atoms. The first-order chi connectivity index (χ1) is 19.1. The van der Waals surface area contributed by atoms with Crippen LogP contribution >= 0.6 is 31.9 Å². The number of amides is 1. The normalized spacial score (nSPS) is 17.6. The van der Waals surface area contributed by atoms with Gasteiger partial charge in [0.1, 0.15) is 29.6 Å². The van der Waals surface area contributed by atoms with E-state index in [1.807, 2.05) is 6.92 Å². The van der Waals surface area contributed by atoms with Gasteiger partial charge in [0.05, 0.1) is 39.0 Å². The van der Waals surface area contributed by atoms with Gasteiger partial charge in [-0.1, -0.05) is 39.5 Å². The van der Waals surface area contributed by atoms with Gasteiger partial charge in [0.15, 0.2) is 0 Å². The van der Waals surface area contributed by atoms with E-state index in [9.17, 15) is 22.0 Å². The average Bonchev–Trinajstić information content (AvgIpc) is 3.27. The van der Waals surface area contributed by atoms with E-state index in [4.69, 9.17) is 9.29 Å². The third kappa shape index (κ3) is 12.9. The summed E-state index contributed by atoms with van der Waals surface area (Å²) in [6, 6.07) is 2.47. The molecule has 42 heavy (non-hydrogen) atoms. The molecule has 0 aromatic carbocycles. The van der Waals surface area contributed by atoms with E-state index < -0.39 is 34.3 Å². The predicted octanol–water partition coefficient (Wildman–Crippen LogP) is 3.31. The summed E-state index contributed by atoms with van der Waals surface area (Å²) in [5.74, 6) is -1.09. The van der Waals surface area contributed by atoms with Crippen LogP contribution in [0.1, 0.15) is 83.8 Å². The molecule has 0 fully saturated rings. The fourth-order valence-electron chi connectivity index (χ4n) is 3.77. The van der Waals surface area contributed by atoms with Gasteiger partial charge in [-0.15, -0.1) is 0 Å². The third-order valence-electron chi connectivity index (χ3n) is 6.02. The molecule has 0 unspecified atom stereocenters. The van der Waals surface area contributed by atoms with Crippen molar-refractivity contribution in [1.29, 1.82) is 0 Å². The van der Waals surface area contributed by atoms with Crippen LogP contribution in [0.4, 0.5) is 8.78 Å². The molecule has 0 spiro atoms. The monoisotopic (exact) mass is 750 g/mol. The summed E-state index contributed by atoms with van der Waals surface area (Å²) in [7, 11) is -4.62. The topological polar surface area (TPSA) is 140 Å². The largest absolute Gasteiger partial charge is 1.00 e. The molecule has 0 radical (unpaired) electrons. The van der Waals surface area contributed by atoms with Crippen molar-refractivity contribution < 1.29 is 66.4 Å². The summed E-state index contributed by atoms with van der Waals surface area (Å²) in [5, 5.41) is 2.62. The molecule has 3 heterocycles. The molecule has 2 aromatic heterocycles. The molecule has 1 amide bonds. The van der Waals surface area contributed by atoms with Crippen molar-refractivity contribution in [3.8, 4) is 0 Å². The van der Waals surface area contributed by atoms with Crippen molar-refractivity contribution in [2.24, 2.45) is 4.99 Å². The summed E-state index contributed by atoms with van der Waals surface area (Å²) in [6.45, 7) is 7.88. The Labute approximate surface area is 285 Å². The van der Waals surface area contributed by atoms with Gasteiger partial charge in [-0.2, -0.15) is 8.42 Å². The first-order valence-corrected chi connectivity index (χ1v) is 15.8. The summed E-state index contributed by atoms with van der Waals surface area (Å²) >= 11 is 6.33. The summed E-state index contributed by atoms with van der Waals surface area (Å²) in [6.07, 6.45) is 7.26. The van der Waals surface area contributed by atoms with Crippen LogP contribution in [0.2, 0.25) is 0 Å². The standard InChI is InChI=1S/C13H18BrFN2O5S.C13H16BrFN2O.Na.H/c1-3-4-5-13(2,8-22-23(19,20)21)17-12(18)11-10(14)6-9(15)7-16-11;1-3-4-5-13(2)8-18-12(17-13)11-10(14)6-9(15)7-16-11;;/h6-7H,3-5,8H2,1-2H3,(H,17,18)(H,19,20,21);6-7H,3-5,8H2,1-2H3;;/q;;+1;-1/t2*13-;;/m11../s1. The van der Waals surface area contributed by atoms with Crippen molar-refractivity contribution in [1.82, 2.24) is 15.3 Å². The molecule has 1 aliphatic rings. The number of halogens is 4. The van der Waals surface area contributed by atoms with Crippen LogP contribution in [-0.2, 0) is 19.3 Å². The molecule has 2 N–H and O–H groups in total. The van der Waals surface area contributed by atoms with Crippen molar-refractivity contribution in [2.45, 2.75) is 77.3 Å². The van der Waals surface area contributed by atoms with Crippen molar-refractivity contribution in [2.75, 3.05) is 13.2 Å². The molecule has 0 aliphatic carbocycles. The van der Waals surface area contributed by atoms with Crippen molar-refractivity contribution >= 4 is 54.1 Å². The van der Waals surface area contributed by atoms with E-state index in [0.29, 0.717) is 35.5 Å². The van der Waals surface area contributed by atoms with Gasteiger partial charge in [-0.3, -0.25) is 9.35 Å². The van der Waals surface area contributed by atoms with Crippen LogP contribution in [0.5, 0.6) is 0 Å². The van der Waals surface area contributed by atoms with Gasteiger partial charge in [-0.05, 0) is 70.7 Å². The zero-order valence-corrected chi connectivity index (χ0v) is 30.2. The number of carbonyl (C=O) groups is 1. The molecule has 230 valence electrons. The number of hydrogen-bond donors (Lipinski definition) is 2. The number of nitrogens with zero attached hydrogens (tertiary/aromatic N) is 3. The Balaban J connectivity index is 0.000000802. The average molecular weight is 752 g/mol. The molecular weight excluding hydrogens is 717 g/mol. The number of aliphatic imine (C=N–C) groups is 1. The third-order valence-corrected chi connectivity index (χ3v) is 7.64. The second kappa shape index (κ2) is 17.4. The van der Waals surface area contributed by atoms with Crippen LogP contribution in [0.25, 0.3) is 0 Å². The Hall–Kier alpha value is -1.07. The van der Waals surface area contributed by atoms with E-state index in [0.717, 1.165) is 37.9 Å². The predicted molar refractivity (Wildman–Crippen MR) is 158 cm³/mol. The quantitative estimate of drug-likeness (QED) is 0.249. The van der Waals surface area contributed by atoms with Crippen LogP contribution in [0.3, 0.4) is 0 Å². The number of hydrogen-bond acceptors (Lipinski definition) is 8. The van der Waals surface area contributed by atoms with E-state index >= 15 is 0 Å². The van der Waals surface area contributed by atoms with Crippen LogP contribution < -0.4 is 34.9 Å². The number of carbonyl (C=O) groups excluding carboxylic acids is 1. The summed E-state index contributed by atoms with van der Waals surface area (Å²) in [5.41, 5.74) is -0.697.